The predicted molar refractivity (Wildman–Crippen MR) is 55.5 cm³/mol. The van der Waals surface area contributed by atoms with Crippen LogP contribution in [0.2, 0.25) is 0 Å². The van der Waals surface area contributed by atoms with Gasteiger partial charge in [-0.25, -0.2) is 4.98 Å². The van der Waals surface area contributed by atoms with Crippen LogP contribution in [-0.4, -0.2) is 16.1 Å². The highest BCUT2D eigenvalue weighted by molar-refractivity contribution is 5.29. The van der Waals surface area contributed by atoms with Crippen LogP contribution in [0, 0.1) is 0 Å². The van der Waals surface area contributed by atoms with Gasteiger partial charge < -0.3 is 14.3 Å². The molecule has 0 spiro atoms. The molecule has 0 saturated carbocycles. The van der Waals surface area contributed by atoms with Gasteiger partial charge in [-0.2, -0.15) is 0 Å². The molecule has 0 bridgehead atoms. The van der Waals surface area contributed by atoms with Gasteiger partial charge in [-0.15, -0.1) is 0 Å². The van der Waals surface area contributed by atoms with E-state index in [-0.39, 0.29) is 6.04 Å². The third kappa shape index (κ3) is 1.37. The van der Waals surface area contributed by atoms with E-state index in [4.69, 9.17) is 4.42 Å². The number of nitrogens with zero attached hydrogens (tertiary/aromatic N) is 2. The maximum Gasteiger partial charge on any atom is 0.130 e. The Kier molecular flexibility index (Phi) is 1.89. The molecule has 1 atom stereocenters. The van der Waals surface area contributed by atoms with Crippen molar-refractivity contribution in [2.24, 2.45) is 7.05 Å². The lowest BCUT2D eigenvalue weighted by atomic mass is 10.0. The Hall–Kier alpha value is -1.55. The number of rotatable bonds is 1. The SMILES string of the molecule is Cn1cnc(C2NCCc3ccoc32)c1. The molecule has 0 saturated heterocycles. The average Bonchev–Trinajstić information content (AvgIpc) is 2.84. The Balaban J connectivity index is 2.02. The van der Waals surface area contributed by atoms with Crippen LogP contribution in [0.25, 0.3) is 0 Å². The molecule has 0 aromatic carbocycles. The Morgan fingerprint density at radius 2 is 2.53 bits per heavy atom. The molecule has 0 fully saturated rings. The predicted octanol–water partition coefficient (Wildman–Crippen LogP) is 1.25. The van der Waals surface area contributed by atoms with Gasteiger partial charge in [-0.1, -0.05) is 0 Å². The zero-order valence-electron chi connectivity index (χ0n) is 8.60. The van der Waals surface area contributed by atoms with Gasteiger partial charge in [0, 0.05) is 19.8 Å². The van der Waals surface area contributed by atoms with Crippen LogP contribution in [0.15, 0.2) is 29.3 Å². The van der Waals surface area contributed by atoms with Gasteiger partial charge in [0.25, 0.3) is 0 Å². The highest BCUT2D eigenvalue weighted by Gasteiger charge is 2.25. The van der Waals surface area contributed by atoms with E-state index in [2.05, 4.69) is 10.3 Å². The molecule has 2 aromatic rings. The first-order chi connectivity index (χ1) is 7.34. The zero-order valence-corrected chi connectivity index (χ0v) is 8.60. The van der Waals surface area contributed by atoms with E-state index in [0.717, 1.165) is 24.4 Å². The third-order valence-corrected chi connectivity index (χ3v) is 2.81. The maximum absolute atomic E-state index is 5.52. The van der Waals surface area contributed by atoms with E-state index < -0.39 is 0 Å². The van der Waals surface area contributed by atoms with Crippen LogP contribution in [0.5, 0.6) is 0 Å². The lowest BCUT2D eigenvalue weighted by molar-refractivity contribution is 0.421. The molecular weight excluding hydrogens is 190 g/mol. The standard InChI is InChI=1S/C11H13N3O/c1-14-6-9(13-7-14)10-11-8(2-4-12-10)3-5-15-11/h3,5-7,10,12H,2,4H2,1H3. The molecule has 4 nitrogen and oxygen atoms in total. The molecule has 1 N–H and O–H groups in total. The van der Waals surface area contributed by atoms with E-state index >= 15 is 0 Å². The minimum atomic E-state index is 0.116. The van der Waals surface area contributed by atoms with Gasteiger partial charge in [-0.3, -0.25) is 0 Å². The first kappa shape index (κ1) is 8.73. The van der Waals surface area contributed by atoms with Crippen molar-refractivity contribution in [2.75, 3.05) is 6.54 Å². The van der Waals surface area contributed by atoms with Crippen molar-refractivity contribution in [3.63, 3.8) is 0 Å². The molecular formula is C11H13N3O. The van der Waals surface area contributed by atoms with Crippen LogP contribution in [0.1, 0.15) is 23.1 Å². The second-order valence-corrected chi connectivity index (χ2v) is 3.91. The monoisotopic (exact) mass is 203 g/mol. The van der Waals surface area contributed by atoms with E-state index in [1.165, 1.54) is 5.56 Å². The molecule has 1 unspecified atom stereocenters. The van der Waals surface area contributed by atoms with Crippen LogP contribution in [0.3, 0.4) is 0 Å². The fourth-order valence-electron chi connectivity index (χ4n) is 2.07. The number of hydrogen-bond donors (Lipinski definition) is 1. The quantitative estimate of drug-likeness (QED) is 0.758. The van der Waals surface area contributed by atoms with Crippen molar-refractivity contribution in [3.8, 4) is 0 Å². The fraction of sp³-hybridized carbons (Fsp3) is 0.364. The molecule has 1 aliphatic rings. The molecule has 3 heterocycles. The molecule has 0 amide bonds. The first-order valence-electron chi connectivity index (χ1n) is 5.12. The summed E-state index contributed by atoms with van der Waals surface area (Å²) in [5, 5.41) is 3.42. The summed E-state index contributed by atoms with van der Waals surface area (Å²) in [6.07, 6.45) is 6.63. The van der Waals surface area contributed by atoms with Crippen LogP contribution in [0.4, 0.5) is 0 Å². The average molecular weight is 203 g/mol. The lowest BCUT2D eigenvalue weighted by Crippen LogP contribution is -2.29. The topological polar surface area (TPSA) is 43.0 Å². The largest absolute Gasteiger partial charge is 0.467 e. The minimum Gasteiger partial charge on any atom is -0.467 e. The molecule has 0 aliphatic carbocycles. The van der Waals surface area contributed by atoms with Crippen molar-refractivity contribution in [1.29, 1.82) is 0 Å². The van der Waals surface area contributed by atoms with E-state index in [0.29, 0.717) is 0 Å². The van der Waals surface area contributed by atoms with Gasteiger partial charge >= 0.3 is 0 Å². The van der Waals surface area contributed by atoms with Crippen molar-refractivity contribution in [3.05, 3.63) is 41.9 Å². The van der Waals surface area contributed by atoms with Crippen LogP contribution >= 0.6 is 0 Å². The minimum absolute atomic E-state index is 0.116. The van der Waals surface area contributed by atoms with Gasteiger partial charge in [-0.05, 0) is 18.1 Å². The number of imidazole rings is 1. The molecule has 15 heavy (non-hydrogen) atoms. The van der Waals surface area contributed by atoms with E-state index in [1.807, 2.05) is 30.2 Å². The molecule has 2 aromatic heterocycles. The highest BCUT2D eigenvalue weighted by Crippen LogP contribution is 2.28. The van der Waals surface area contributed by atoms with Crippen LogP contribution < -0.4 is 5.32 Å². The van der Waals surface area contributed by atoms with Crippen molar-refractivity contribution < 1.29 is 4.42 Å². The lowest BCUT2D eigenvalue weighted by Gasteiger charge is -2.20. The normalized spacial score (nSPS) is 20.2. The second kappa shape index (κ2) is 3.24. The van der Waals surface area contributed by atoms with Crippen molar-refractivity contribution >= 4 is 0 Å². The third-order valence-electron chi connectivity index (χ3n) is 2.81. The summed E-state index contributed by atoms with van der Waals surface area (Å²) in [5.74, 6) is 1.01. The summed E-state index contributed by atoms with van der Waals surface area (Å²) in [6, 6.07) is 2.16. The molecule has 78 valence electrons. The molecule has 3 rings (SSSR count). The smallest absolute Gasteiger partial charge is 0.130 e. The second-order valence-electron chi connectivity index (χ2n) is 3.91. The highest BCUT2D eigenvalue weighted by atomic mass is 16.3. The number of hydrogen-bond acceptors (Lipinski definition) is 3. The van der Waals surface area contributed by atoms with Gasteiger partial charge in [0.2, 0.25) is 0 Å². The summed E-state index contributed by atoms with van der Waals surface area (Å²) in [7, 11) is 1.97. The summed E-state index contributed by atoms with van der Waals surface area (Å²) in [5.41, 5.74) is 2.32. The van der Waals surface area contributed by atoms with Gasteiger partial charge in [0.15, 0.2) is 0 Å². The van der Waals surface area contributed by atoms with Crippen molar-refractivity contribution in [1.82, 2.24) is 14.9 Å². The maximum atomic E-state index is 5.52. The van der Waals surface area contributed by atoms with Crippen LogP contribution in [-0.2, 0) is 13.5 Å². The summed E-state index contributed by atoms with van der Waals surface area (Å²) in [6.45, 7) is 0.980. The zero-order chi connectivity index (χ0) is 10.3. The molecule has 1 aliphatic heterocycles. The number of aromatic nitrogens is 2. The van der Waals surface area contributed by atoms with Crippen molar-refractivity contribution in [2.45, 2.75) is 12.5 Å². The number of nitrogens with one attached hydrogen (secondary N) is 1. The summed E-state index contributed by atoms with van der Waals surface area (Å²) >= 11 is 0. The number of fused-ring (bicyclic) bond motifs is 1. The Morgan fingerprint density at radius 1 is 1.60 bits per heavy atom. The van der Waals surface area contributed by atoms with Gasteiger partial charge in [0.1, 0.15) is 11.8 Å². The summed E-state index contributed by atoms with van der Waals surface area (Å²) in [4.78, 5) is 4.36. The Morgan fingerprint density at radius 3 is 3.33 bits per heavy atom. The Labute approximate surface area is 87.9 Å². The van der Waals surface area contributed by atoms with Gasteiger partial charge in [0.05, 0.1) is 18.3 Å². The fourth-order valence-corrected chi connectivity index (χ4v) is 2.07. The molecule has 4 heteroatoms. The van der Waals surface area contributed by atoms with E-state index in [9.17, 15) is 0 Å². The first-order valence-corrected chi connectivity index (χ1v) is 5.12. The molecule has 0 radical (unpaired) electrons. The summed E-state index contributed by atoms with van der Waals surface area (Å²) < 4.78 is 7.47. The Bertz CT molecular complexity index is 472. The number of furan rings is 1. The number of aryl methyl sites for hydroxylation is 1. The van der Waals surface area contributed by atoms with E-state index in [1.54, 1.807) is 6.26 Å².